The zero-order chi connectivity index (χ0) is 11.3. The van der Waals surface area contributed by atoms with Gasteiger partial charge in [0.25, 0.3) is 0 Å². The first-order valence-corrected chi connectivity index (χ1v) is 6.65. The molecular formula is C10H19FNO2P. The Morgan fingerprint density at radius 3 is 2.93 bits per heavy atom. The molecule has 5 heteroatoms. The first-order chi connectivity index (χ1) is 7.08. The van der Waals surface area contributed by atoms with Crippen LogP contribution in [0.2, 0.25) is 0 Å². The van der Waals surface area contributed by atoms with E-state index in [9.17, 15) is 4.39 Å². The number of allylic oxidation sites excluding steroid dienone is 1. The molecule has 1 rings (SSSR count). The van der Waals surface area contributed by atoms with Crippen LogP contribution in [0.25, 0.3) is 0 Å². The molecule has 0 aromatic heterocycles. The minimum absolute atomic E-state index is 0.408. The van der Waals surface area contributed by atoms with Gasteiger partial charge >= 0.3 is 0 Å². The molecule has 0 aliphatic heterocycles. The van der Waals surface area contributed by atoms with E-state index in [2.05, 4.69) is 0 Å². The predicted octanol–water partition coefficient (Wildman–Crippen LogP) is 2.39. The quantitative estimate of drug-likeness (QED) is 0.517. The molecule has 0 saturated heterocycles. The Morgan fingerprint density at radius 2 is 2.33 bits per heavy atom. The number of hydrogen-bond acceptors (Lipinski definition) is 3. The van der Waals surface area contributed by atoms with Crippen molar-refractivity contribution in [3.05, 3.63) is 11.4 Å². The second-order valence-corrected chi connectivity index (χ2v) is 5.06. The summed E-state index contributed by atoms with van der Waals surface area (Å²) in [6, 6.07) is 0. The molecular weight excluding hydrogens is 216 g/mol. The van der Waals surface area contributed by atoms with E-state index in [-0.39, 0.29) is 0 Å². The van der Waals surface area contributed by atoms with Crippen molar-refractivity contribution in [2.24, 2.45) is 11.7 Å². The second kappa shape index (κ2) is 6.54. The van der Waals surface area contributed by atoms with Crippen LogP contribution in [-0.4, -0.2) is 16.1 Å². The fourth-order valence-electron chi connectivity index (χ4n) is 2.11. The van der Waals surface area contributed by atoms with Gasteiger partial charge in [0.05, 0.1) is 0 Å². The summed E-state index contributed by atoms with van der Waals surface area (Å²) in [6.45, 7) is 0. The van der Waals surface area contributed by atoms with Crippen LogP contribution < -0.4 is 5.73 Å². The Hall–Kier alpha value is -0.0200. The van der Waals surface area contributed by atoms with Gasteiger partial charge in [0.2, 0.25) is 0 Å². The minimum Gasteiger partial charge on any atom is -0.347 e. The fraction of sp³-hybridized carbons (Fsp3) is 0.800. The van der Waals surface area contributed by atoms with Crippen molar-refractivity contribution in [1.29, 1.82) is 0 Å². The van der Waals surface area contributed by atoms with Crippen LogP contribution >= 0.6 is 8.38 Å². The summed E-state index contributed by atoms with van der Waals surface area (Å²) in [7, 11) is -1.92. The van der Waals surface area contributed by atoms with Gasteiger partial charge in [-0.05, 0) is 50.3 Å². The van der Waals surface area contributed by atoms with Gasteiger partial charge in [0.15, 0.2) is 8.38 Å². The predicted molar refractivity (Wildman–Crippen MR) is 59.7 cm³/mol. The Morgan fingerprint density at radius 1 is 1.60 bits per heavy atom. The maximum Gasteiger partial charge on any atom is 0.191 e. The van der Waals surface area contributed by atoms with E-state index in [1.165, 1.54) is 0 Å². The number of halogens is 1. The van der Waals surface area contributed by atoms with E-state index in [0.717, 1.165) is 37.7 Å². The van der Waals surface area contributed by atoms with Crippen molar-refractivity contribution in [3.8, 4) is 0 Å². The average Bonchev–Trinajstić information content (AvgIpc) is 2.14. The van der Waals surface area contributed by atoms with Crippen LogP contribution in [0.4, 0.5) is 4.39 Å². The molecule has 1 saturated carbocycles. The molecule has 0 bridgehead atoms. The summed E-state index contributed by atoms with van der Waals surface area (Å²) < 4.78 is 12.5. The monoisotopic (exact) mass is 235 g/mol. The van der Waals surface area contributed by atoms with Crippen LogP contribution in [0, 0.1) is 5.92 Å². The summed E-state index contributed by atoms with van der Waals surface area (Å²) in [6.07, 6.45) is 3.95. The molecule has 1 fully saturated rings. The zero-order valence-electron chi connectivity index (χ0n) is 8.77. The lowest BCUT2D eigenvalue weighted by Crippen LogP contribution is -2.16. The van der Waals surface area contributed by atoms with Crippen molar-refractivity contribution in [2.45, 2.75) is 44.8 Å². The summed E-state index contributed by atoms with van der Waals surface area (Å²) in [4.78, 5) is 17.7. The third-order valence-electron chi connectivity index (χ3n) is 2.81. The molecule has 15 heavy (non-hydrogen) atoms. The van der Waals surface area contributed by atoms with E-state index in [1.807, 2.05) is 0 Å². The van der Waals surface area contributed by atoms with E-state index in [1.54, 1.807) is 5.82 Å². The molecule has 88 valence electrons. The molecule has 2 atom stereocenters. The van der Waals surface area contributed by atoms with Crippen LogP contribution in [0.15, 0.2) is 11.4 Å². The van der Waals surface area contributed by atoms with E-state index in [0.29, 0.717) is 12.3 Å². The highest BCUT2D eigenvalue weighted by atomic mass is 31.2. The topological polar surface area (TPSA) is 66.5 Å². The lowest BCUT2D eigenvalue weighted by atomic mass is 9.83. The van der Waals surface area contributed by atoms with Crippen molar-refractivity contribution >= 4 is 8.38 Å². The minimum atomic E-state index is -1.92. The molecule has 0 heterocycles. The Kier molecular flexibility index (Phi) is 5.69. The lowest BCUT2D eigenvalue weighted by molar-refractivity contribution is 0.280. The maximum atomic E-state index is 12.5. The van der Waals surface area contributed by atoms with Gasteiger partial charge in [0.1, 0.15) is 6.30 Å². The van der Waals surface area contributed by atoms with Gasteiger partial charge in [0, 0.05) is 0 Å². The third kappa shape index (κ3) is 5.57. The maximum absolute atomic E-state index is 12.5. The van der Waals surface area contributed by atoms with Gasteiger partial charge in [-0.1, -0.05) is 5.57 Å². The molecule has 2 unspecified atom stereocenters. The summed E-state index contributed by atoms with van der Waals surface area (Å²) in [5.74, 6) is 2.01. The molecule has 1 aliphatic rings. The first-order valence-electron chi connectivity index (χ1n) is 5.34. The molecule has 0 aromatic carbocycles. The van der Waals surface area contributed by atoms with Gasteiger partial charge in [-0.3, -0.25) is 0 Å². The third-order valence-corrected chi connectivity index (χ3v) is 3.41. The number of alkyl halides is 1. The Balaban J connectivity index is 2.35. The van der Waals surface area contributed by atoms with Gasteiger partial charge in [-0.2, -0.15) is 0 Å². The highest BCUT2D eigenvalue weighted by molar-refractivity contribution is 7.48. The Bertz CT molecular complexity index is 221. The van der Waals surface area contributed by atoms with Crippen LogP contribution in [0.5, 0.6) is 0 Å². The van der Waals surface area contributed by atoms with Crippen molar-refractivity contribution in [2.75, 3.05) is 0 Å². The molecule has 0 spiro atoms. The van der Waals surface area contributed by atoms with Gasteiger partial charge in [-0.15, -0.1) is 0 Å². The van der Waals surface area contributed by atoms with Crippen molar-refractivity contribution < 1.29 is 14.2 Å². The summed E-state index contributed by atoms with van der Waals surface area (Å²) in [5.41, 5.74) is 6.17. The fourth-order valence-corrected chi connectivity index (χ4v) is 2.68. The largest absolute Gasteiger partial charge is 0.347 e. The number of nitrogens with two attached hydrogens (primary N) is 1. The van der Waals surface area contributed by atoms with E-state index < -0.39 is 14.7 Å². The van der Waals surface area contributed by atoms with Crippen LogP contribution in [-0.2, 0) is 0 Å². The smallest absolute Gasteiger partial charge is 0.191 e. The van der Waals surface area contributed by atoms with Gasteiger partial charge < -0.3 is 15.5 Å². The normalized spacial score (nSPS) is 27.3. The SMILES string of the molecule is NC(F)CCC1CCCC(=CP(O)O)C1. The highest BCUT2D eigenvalue weighted by Crippen LogP contribution is 2.36. The number of rotatable bonds is 4. The molecule has 0 radical (unpaired) electrons. The summed E-state index contributed by atoms with van der Waals surface area (Å²) >= 11 is 0. The van der Waals surface area contributed by atoms with Crippen LogP contribution in [0.1, 0.15) is 38.5 Å². The van der Waals surface area contributed by atoms with E-state index in [4.69, 9.17) is 15.5 Å². The molecule has 0 amide bonds. The average molecular weight is 235 g/mol. The zero-order valence-corrected chi connectivity index (χ0v) is 9.67. The summed E-state index contributed by atoms with van der Waals surface area (Å²) in [5, 5.41) is 0. The molecule has 4 N–H and O–H groups in total. The molecule has 1 aliphatic carbocycles. The second-order valence-electron chi connectivity index (χ2n) is 4.16. The van der Waals surface area contributed by atoms with Crippen molar-refractivity contribution in [1.82, 2.24) is 0 Å². The van der Waals surface area contributed by atoms with Gasteiger partial charge in [-0.25, -0.2) is 4.39 Å². The molecule has 0 aromatic rings. The first kappa shape index (κ1) is 13.0. The van der Waals surface area contributed by atoms with Crippen LogP contribution in [0.3, 0.4) is 0 Å². The van der Waals surface area contributed by atoms with E-state index >= 15 is 0 Å². The van der Waals surface area contributed by atoms with Crippen molar-refractivity contribution in [3.63, 3.8) is 0 Å². The highest BCUT2D eigenvalue weighted by Gasteiger charge is 2.18. The molecule has 3 nitrogen and oxygen atoms in total. The number of hydrogen-bond donors (Lipinski definition) is 3. The lowest BCUT2D eigenvalue weighted by Gasteiger charge is -2.24. The standard InChI is InChI=1S/C10H19FNO2P/c11-10(12)5-4-8-2-1-3-9(6-8)7-15(13)14/h7-8,10,13-14H,1-6,12H2. The Labute approximate surface area is 91.1 Å².